The number of nitrogens with zero attached hydrogens (tertiary/aromatic N) is 2. The maximum atomic E-state index is 12.6. The normalized spacial score (nSPS) is 14.7. The van der Waals surface area contributed by atoms with E-state index >= 15 is 0 Å². The van der Waals surface area contributed by atoms with Gasteiger partial charge in [0.05, 0.1) is 14.2 Å². The third-order valence-corrected chi connectivity index (χ3v) is 5.01. The van der Waals surface area contributed by atoms with Crippen molar-refractivity contribution in [2.75, 3.05) is 57.7 Å². The summed E-state index contributed by atoms with van der Waals surface area (Å²) in [5, 5.41) is 2.94. The lowest BCUT2D eigenvalue weighted by molar-refractivity contribution is 0.102. The molecule has 1 aliphatic heterocycles. The lowest BCUT2D eigenvalue weighted by Gasteiger charge is -2.34. The maximum Gasteiger partial charge on any atom is 0.255 e. The lowest BCUT2D eigenvalue weighted by atomic mass is 10.1. The van der Waals surface area contributed by atoms with Crippen LogP contribution in [-0.2, 0) is 0 Å². The van der Waals surface area contributed by atoms with Gasteiger partial charge in [-0.1, -0.05) is 0 Å². The van der Waals surface area contributed by atoms with Crippen LogP contribution >= 0.6 is 0 Å². The second-order valence-electron chi connectivity index (χ2n) is 6.80. The van der Waals surface area contributed by atoms with Crippen LogP contribution in [0.1, 0.15) is 15.9 Å². The van der Waals surface area contributed by atoms with Crippen molar-refractivity contribution in [1.29, 1.82) is 0 Å². The van der Waals surface area contributed by atoms with Crippen LogP contribution < -0.4 is 19.7 Å². The van der Waals surface area contributed by atoms with Gasteiger partial charge in [-0.15, -0.1) is 0 Å². The van der Waals surface area contributed by atoms with Gasteiger partial charge in [-0.05, 0) is 50.4 Å². The summed E-state index contributed by atoms with van der Waals surface area (Å²) in [7, 11) is 5.31. The fourth-order valence-electron chi connectivity index (χ4n) is 3.24. The van der Waals surface area contributed by atoms with Crippen LogP contribution in [0.2, 0.25) is 0 Å². The van der Waals surface area contributed by atoms with Crippen molar-refractivity contribution in [3.05, 3.63) is 47.5 Å². The standard InChI is InChI=1S/C21H27N3O3/c1-15-19(26-3)13-16(14-20(15)27-4)21(25)22-17-5-7-18(8-6-17)24-11-9-23(2)10-12-24/h5-8,13-14H,9-12H2,1-4H3,(H,22,25). The zero-order valence-corrected chi connectivity index (χ0v) is 16.4. The van der Waals surface area contributed by atoms with E-state index in [1.165, 1.54) is 5.69 Å². The molecule has 0 unspecified atom stereocenters. The predicted molar refractivity (Wildman–Crippen MR) is 108 cm³/mol. The molecule has 3 rings (SSSR count). The summed E-state index contributed by atoms with van der Waals surface area (Å²) in [5.74, 6) is 1.06. The van der Waals surface area contributed by atoms with Crippen LogP contribution in [0.25, 0.3) is 0 Å². The van der Waals surface area contributed by atoms with Gasteiger partial charge >= 0.3 is 0 Å². The monoisotopic (exact) mass is 369 g/mol. The molecule has 0 radical (unpaired) electrons. The molecule has 1 fully saturated rings. The molecule has 6 nitrogen and oxygen atoms in total. The average molecular weight is 369 g/mol. The molecule has 1 heterocycles. The molecule has 2 aromatic carbocycles. The SMILES string of the molecule is COc1cc(C(=O)Nc2ccc(N3CCN(C)CC3)cc2)cc(OC)c1C. The summed E-state index contributed by atoms with van der Waals surface area (Å²) in [6, 6.07) is 11.4. The number of ether oxygens (including phenoxy) is 2. The van der Waals surface area contributed by atoms with Gasteiger partial charge < -0.3 is 24.6 Å². The quantitative estimate of drug-likeness (QED) is 0.878. The molecule has 0 bridgehead atoms. The Morgan fingerprint density at radius 3 is 2.04 bits per heavy atom. The van der Waals surface area contributed by atoms with Crippen molar-refractivity contribution in [2.45, 2.75) is 6.92 Å². The minimum Gasteiger partial charge on any atom is -0.496 e. The third-order valence-electron chi connectivity index (χ3n) is 5.01. The van der Waals surface area contributed by atoms with E-state index in [-0.39, 0.29) is 5.91 Å². The van der Waals surface area contributed by atoms with Gasteiger partial charge in [-0.25, -0.2) is 0 Å². The van der Waals surface area contributed by atoms with Gasteiger partial charge in [0.2, 0.25) is 0 Å². The Kier molecular flexibility index (Phi) is 5.86. The molecule has 0 aromatic heterocycles. The minimum atomic E-state index is -0.195. The van der Waals surface area contributed by atoms with Crippen LogP contribution in [0.3, 0.4) is 0 Å². The number of hydrogen-bond donors (Lipinski definition) is 1. The van der Waals surface area contributed by atoms with Crippen molar-refractivity contribution in [1.82, 2.24) is 4.90 Å². The zero-order valence-electron chi connectivity index (χ0n) is 16.4. The molecule has 0 atom stereocenters. The number of anilines is 2. The summed E-state index contributed by atoms with van der Waals surface area (Å²) >= 11 is 0. The largest absolute Gasteiger partial charge is 0.496 e. The second kappa shape index (κ2) is 8.31. The smallest absolute Gasteiger partial charge is 0.255 e. The van der Waals surface area contributed by atoms with Crippen molar-refractivity contribution in [2.24, 2.45) is 0 Å². The van der Waals surface area contributed by atoms with E-state index in [4.69, 9.17) is 9.47 Å². The number of methoxy groups -OCH3 is 2. The molecule has 1 saturated heterocycles. The minimum absolute atomic E-state index is 0.195. The molecule has 0 aliphatic carbocycles. The highest BCUT2D eigenvalue weighted by Crippen LogP contribution is 2.30. The second-order valence-corrected chi connectivity index (χ2v) is 6.80. The third kappa shape index (κ3) is 4.34. The first-order chi connectivity index (χ1) is 13.0. The van der Waals surface area contributed by atoms with E-state index in [9.17, 15) is 4.79 Å². The summed E-state index contributed by atoms with van der Waals surface area (Å²) in [4.78, 5) is 17.3. The fourth-order valence-corrected chi connectivity index (χ4v) is 3.24. The van der Waals surface area contributed by atoms with E-state index in [2.05, 4.69) is 34.3 Å². The summed E-state index contributed by atoms with van der Waals surface area (Å²) in [6.07, 6.45) is 0. The number of nitrogens with one attached hydrogen (secondary N) is 1. The Labute approximate surface area is 160 Å². The van der Waals surface area contributed by atoms with Crippen molar-refractivity contribution in [3.8, 4) is 11.5 Å². The number of carbonyl (C=O) groups excluding carboxylic acids is 1. The summed E-state index contributed by atoms with van der Waals surface area (Å²) in [6.45, 7) is 6.07. The van der Waals surface area contributed by atoms with E-state index in [0.717, 1.165) is 37.4 Å². The van der Waals surface area contributed by atoms with Crippen molar-refractivity contribution < 1.29 is 14.3 Å². The summed E-state index contributed by atoms with van der Waals surface area (Å²) < 4.78 is 10.7. The zero-order chi connectivity index (χ0) is 19.4. The Bertz CT molecular complexity index is 772. The van der Waals surface area contributed by atoms with Gasteiger partial charge in [-0.2, -0.15) is 0 Å². The van der Waals surface area contributed by atoms with E-state index in [1.54, 1.807) is 26.4 Å². The van der Waals surface area contributed by atoms with Crippen LogP contribution in [-0.4, -0.2) is 58.3 Å². The molecule has 0 spiro atoms. The molecule has 1 N–H and O–H groups in total. The number of piperazine rings is 1. The molecule has 6 heteroatoms. The van der Waals surface area contributed by atoms with Gasteiger partial charge in [0, 0.05) is 48.7 Å². The molecular weight excluding hydrogens is 342 g/mol. The number of amides is 1. The summed E-state index contributed by atoms with van der Waals surface area (Å²) in [5.41, 5.74) is 3.31. The molecule has 0 saturated carbocycles. The van der Waals surface area contributed by atoms with Gasteiger partial charge in [0.15, 0.2) is 0 Å². The first-order valence-corrected chi connectivity index (χ1v) is 9.09. The predicted octanol–water partition coefficient (Wildman–Crippen LogP) is 3.02. The van der Waals surface area contributed by atoms with E-state index < -0.39 is 0 Å². The van der Waals surface area contributed by atoms with E-state index in [0.29, 0.717) is 17.1 Å². The molecule has 144 valence electrons. The molecule has 27 heavy (non-hydrogen) atoms. The van der Waals surface area contributed by atoms with Gasteiger partial charge in [-0.3, -0.25) is 4.79 Å². The highest BCUT2D eigenvalue weighted by Gasteiger charge is 2.16. The Morgan fingerprint density at radius 2 is 1.52 bits per heavy atom. The Hall–Kier alpha value is -2.73. The van der Waals surface area contributed by atoms with Crippen LogP contribution in [0.15, 0.2) is 36.4 Å². The fraction of sp³-hybridized carbons (Fsp3) is 0.381. The van der Waals surface area contributed by atoms with Crippen LogP contribution in [0.4, 0.5) is 11.4 Å². The maximum absolute atomic E-state index is 12.6. The topological polar surface area (TPSA) is 54.0 Å². The number of carbonyl (C=O) groups is 1. The number of rotatable bonds is 5. The first-order valence-electron chi connectivity index (χ1n) is 9.09. The molecular formula is C21H27N3O3. The Morgan fingerprint density at radius 1 is 0.963 bits per heavy atom. The van der Waals surface area contributed by atoms with Crippen molar-refractivity contribution in [3.63, 3.8) is 0 Å². The van der Waals surface area contributed by atoms with Gasteiger partial charge in [0.25, 0.3) is 5.91 Å². The van der Waals surface area contributed by atoms with Crippen LogP contribution in [0, 0.1) is 6.92 Å². The average Bonchev–Trinajstić information content (AvgIpc) is 2.69. The Balaban J connectivity index is 1.71. The van der Waals surface area contributed by atoms with Gasteiger partial charge in [0.1, 0.15) is 11.5 Å². The van der Waals surface area contributed by atoms with Crippen LogP contribution in [0.5, 0.6) is 11.5 Å². The first kappa shape index (κ1) is 19.0. The molecule has 2 aromatic rings. The molecule has 1 aliphatic rings. The number of hydrogen-bond acceptors (Lipinski definition) is 5. The highest BCUT2D eigenvalue weighted by molar-refractivity contribution is 6.05. The van der Waals surface area contributed by atoms with E-state index in [1.807, 2.05) is 19.1 Å². The van der Waals surface area contributed by atoms with Crippen molar-refractivity contribution >= 4 is 17.3 Å². The number of likely N-dealkylation sites (N-methyl/N-ethyl adjacent to an activating group) is 1. The molecule has 1 amide bonds. The highest BCUT2D eigenvalue weighted by atomic mass is 16.5. The number of benzene rings is 2. The lowest BCUT2D eigenvalue weighted by Crippen LogP contribution is -2.44.